The zero-order valence-corrected chi connectivity index (χ0v) is 12.4. The van der Waals surface area contributed by atoms with Gasteiger partial charge in [-0.15, -0.1) is 0 Å². The quantitative estimate of drug-likeness (QED) is 0.802. The van der Waals surface area contributed by atoms with Crippen LogP contribution in [0.2, 0.25) is 0 Å². The first-order chi connectivity index (χ1) is 9.63. The van der Waals surface area contributed by atoms with Gasteiger partial charge in [-0.1, -0.05) is 6.92 Å². The summed E-state index contributed by atoms with van der Waals surface area (Å²) in [6.45, 7) is 6.70. The molecule has 3 nitrogen and oxygen atoms in total. The van der Waals surface area contributed by atoms with E-state index in [0.29, 0.717) is 0 Å². The van der Waals surface area contributed by atoms with Crippen LogP contribution in [0, 0.1) is 12.8 Å². The summed E-state index contributed by atoms with van der Waals surface area (Å²) in [7, 11) is 0. The second-order valence-corrected chi connectivity index (χ2v) is 6.08. The SMILES string of the molecule is Cc1cc(N2CCCC(C)CC2)c2cc(N)ccc2n1. The molecule has 0 spiro atoms. The maximum absolute atomic E-state index is 5.97. The standard InChI is InChI=1S/C17H23N3/c1-12-4-3-8-20(9-7-12)17-10-13(2)19-16-6-5-14(18)11-15(16)17/h5-6,10-12H,3-4,7-9,18H2,1-2H3. The van der Waals surface area contributed by atoms with Crippen molar-refractivity contribution >= 4 is 22.3 Å². The van der Waals surface area contributed by atoms with Crippen LogP contribution in [0.5, 0.6) is 0 Å². The maximum Gasteiger partial charge on any atom is 0.0727 e. The summed E-state index contributed by atoms with van der Waals surface area (Å²) in [6.07, 6.45) is 3.87. The molecule has 1 aromatic carbocycles. The van der Waals surface area contributed by atoms with E-state index in [1.807, 2.05) is 12.1 Å². The number of rotatable bonds is 1. The third-order valence-corrected chi connectivity index (χ3v) is 4.30. The smallest absolute Gasteiger partial charge is 0.0727 e. The predicted octanol–water partition coefficient (Wildman–Crippen LogP) is 3.75. The van der Waals surface area contributed by atoms with Crippen LogP contribution in [-0.2, 0) is 0 Å². The van der Waals surface area contributed by atoms with Gasteiger partial charge in [0.2, 0.25) is 0 Å². The third kappa shape index (κ3) is 2.58. The Morgan fingerprint density at radius 3 is 2.90 bits per heavy atom. The minimum atomic E-state index is 0.813. The Kier molecular flexibility index (Phi) is 3.51. The Morgan fingerprint density at radius 2 is 2.05 bits per heavy atom. The summed E-state index contributed by atoms with van der Waals surface area (Å²) in [6, 6.07) is 8.23. The van der Waals surface area contributed by atoms with Crippen LogP contribution in [-0.4, -0.2) is 18.1 Å². The van der Waals surface area contributed by atoms with Gasteiger partial charge in [0.25, 0.3) is 0 Å². The highest BCUT2D eigenvalue weighted by molar-refractivity contribution is 5.94. The normalized spacial score (nSPS) is 20.1. The molecule has 1 aliphatic heterocycles. The number of anilines is 2. The molecule has 1 aliphatic rings. The molecule has 1 aromatic heterocycles. The number of pyridine rings is 1. The van der Waals surface area contributed by atoms with Gasteiger partial charge in [-0.2, -0.15) is 0 Å². The molecule has 2 heterocycles. The van der Waals surface area contributed by atoms with Gasteiger partial charge >= 0.3 is 0 Å². The molecule has 2 aromatic rings. The largest absolute Gasteiger partial charge is 0.399 e. The molecule has 1 fully saturated rings. The Labute approximate surface area is 120 Å². The molecule has 1 saturated heterocycles. The molecule has 20 heavy (non-hydrogen) atoms. The van der Waals surface area contributed by atoms with E-state index in [1.54, 1.807) is 0 Å². The lowest BCUT2D eigenvalue weighted by atomic mass is 10.0. The number of nitrogen functional groups attached to an aromatic ring is 1. The number of aryl methyl sites for hydroxylation is 1. The second kappa shape index (κ2) is 5.31. The van der Waals surface area contributed by atoms with Crippen molar-refractivity contribution in [2.24, 2.45) is 5.92 Å². The van der Waals surface area contributed by atoms with E-state index in [1.165, 1.54) is 30.3 Å². The molecule has 0 radical (unpaired) electrons. The summed E-state index contributed by atoms with van der Waals surface area (Å²) in [4.78, 5) is 7.14. The first-order valence-electron chi connectivity index (χ1n) is 7.55. The Balaban J connectivity index is 2.07. The molecule has 2 N–H and O–H groups in total. The van der Waals surface area contributed by atoms with Crippen molar-refractivity contribution in [3.8, 4) is 0 Å². The van der Waals surface area contributed by atoms with Gasteiger partial charge in [-0.05, 0) is 56.4 Å². The van der Waals surface area contributed by atoms with E-state index in [2.05, 4.69) is 35.9 Å². The van der Waals surface area contributed by atoms with Gasteiger partial charge in [0.15, 0.2) is 0 Å². The van der Waals surface area contributed by atoms with Crippen molar-refractivity contribution in [2.45, 2.75) is 33.1 Å². The average molecular weight is 269 g/mol. The Bertz CT molecular complexity index is 621. The minimum absolute atomic E-state index is 0.813. The molecule has 0 aliphatic carbocycles. The summed E-state index contributed by atoms with van der Waals surface area (Å²) in [5.74, 6) is 0.833. The maximum atomic E-state index is 5.97. The van der Waals surface area contributed by atoms with Crippen LogP contribution in [0.15, 0.2) is 24.3 Å². The van der Waals surface area contributed by atoms with Gasteiger partial charge in [0.05, 0.1) is 5.52 Å². The van der Waals surface area contributed by atoms with Gasteiger partial charge in [-0.3, -0.25) is 4.98 Å². The van der Waals surface area contributed by atoms with E-state index >= 15 is 0 Å². The monoisotopic (exact) mass is 269 g/mol. The number of hydrogen-bond acceptors (Lipinski definition) is 3. The lowest BCUT2D eigenvalue weighted by Gasteiger charge is -2.25. The Hall–Kier alpha value is -1.77. The van der Waals surface area contributed by atoms with Crippen LogP contribution >= 0.6 is 0 Å². The number of nitrogens with zero attached hydrogens (tertiary/aromatic N) is 2. The molecule has 1 unspecified atom stereocenters. The van der Waals surface area contributed by atoms with Crippen LogP contribution in [0.25, 0.3) is 10.9 Å². The van der Waals surface area contributed by atoms with E-state index in [0.717, 1.165) is 35.9 Å². The second-order valence-electron chi connectivity index (χ2n) is 6.08. The van der Waals surface area contributed by atoms with Crippen molar-refractivity contribution in [2.75, 3.05) is 23.7 Å². The zero-order valence-electron chi connectivity index (χ0n) is 12.4. The number of benzene rings is 1. The van der Waals surface area contributed by atoms with Gasteiger partial charge in [-0.25, -0.2) is 0 Å². The summed E-state index contributed by atoms with van der Waals surface area (Å²) >= 11 is 0. The van der Waals surface area contributed by atoms with E-state index in [-0.39, 0.29) is 0 Å². The van der Waals surface area contributed by atoms with Crippen molar-refractivity contribution in [3.05, 3.63) is 30.0 Å². The third-order valence-electron chi connectivity index (χ3n) is 4.30. The van der Waals surface area contributed by atoms with Crippen LogP contribution in [0.1, 0.15) is 31.9 Å². The summed E-state index contributed by atoms with van der Waals surface area (Å²) in [5.41, 5.74) is 10.2. The van der Waals surface area contributed by atoms with E-state index < -0.39 is 0 Å². The number of hydrogen-bond donors (Lipinski definition) is 1. The highest BCUT2D eigenvalue weighted by Crippen LogP contribution is 2.30. The van der Waals surface area contributed by atoms with Crippen molar-refractivity contribution in [1.29, 1.82) is 0 Å². The fourth-order valence-electron chi connectivity index (χ4n) is 3.12. The topological polar surface area (TPSA) is 42.1 Å². The minimum Gasteiger partial charge on any atom is -0.399 e. The van der Waals surface area contributed by atoms with Crippen molar-refractivity contribution < 1.29 is 0 Å². The molecule has 106 valence electrons. The lowest BCUT2D eigenvalue weighted by Crippen LogP contribution is -2.24. The number of nitrogens with two attached hydrogens (primary N) is 1. The molecular formula is C17H23N3. The highest BCUT2D eigenvalue weighted by atomic mass is 15.1. The van der Waals surface area contributed by atoms with E-state index in [4.69, 9.17) is 5.73 Å². The number of fused-ring (bicyclic) bond motifs is 1. The molecule has 0 amide bonds. The van der Waals surface area contributed by atoms with Gasteiger partial charge < -0.3 is 10.6 Å². The van der Waals surface area contributed by atoms with Crippen LogP contribution in [0.4, 0.5) is 11.4 Å². The van der Waals surface area contributed by atoms with Crippen molar-refractivity contribution in [3.63, 3.8) is 0 Å². The fraction of sp³-hybridized carbons (Fsp3) is 0.471. The van der Waals surface area contributed by atoms with E-state index in [9.17, 15) is 0 Å². The first kappa shape index (κ1) is 13.2. The van der Waals surface area contributed by atoms with Crippen LogP contribution in [0.3, 0.4) is 0 Å². The van der Waals surface area contributed by atoms with Gasteiger partial charge in [0, 0.05) is 35.5 Å². The van der Waals surface area contributed by atoms with Gasteiger partial charge in [0.1, 0.15) is 0 Å². The lowest BCUT2D eigenvalue weighted by molar-refractivity contribution is 0.521. The summed E-state index contributed by atoms with van der Waals surface area (Å²) < 4.78 is 0. The van der Waals surface area contributed by atoms with Crippen LogP contribution < -0.4 is 10.6 Å². The summed E-state index contributed by atoms with van der Waals surface area (Å²) in [5, 5.41) is 1.19. The molecule has 3 heteroatoms. The molecule has 1 atom stereocenters. The fourth-order valence-corrected chi connectivity index (χ4v) is 3.12. The molecule has 3 rings (SSSR count). The first-order valence-corrected chi connectivity index (χ1v) is 7.55. The molecular weight excluding hydrogens is 246 g/mol. The molecule has 0 saturated carbocycles. The Morgan fingerprint density at radius 1 is 1.20 bits per heavy atom. The zero-order chi connectivity index (χ0) is 14.1. The predicted molar refractivity (Wildman–Crippen MR) is 86.1 cm³/mol. The average Bonchev–Trinajstić information content (AvgIpc) is 2.63. The number of aromatic nitrogens is 1. The highest BCUT2D eigenvalue weighted by Gasteiger charge is 2.17. The molecule has 0 bridgehead atoms. The van der Waals surface area contributed by atoms with Crippen molar-refractivity contribution in [1.82, 2.24) is 4.98 Å².